The first-order chi connectivity index (χ1) is 7.81. The van der Waals surface area contributed by atoms with Gasteiger partial charge in [-0.15, -0.1) is 0 Å². The van der Waals surface area contributed by atoms with Gasteiger partial charge in [-0.05, 0) is 39.0 Å². The van der Waals surface area contributed by atoms with E-state index in [0.29, 0.717) is 25.4 Å². The standard InChI is InChI=1S/C11H24N2O3S/c1-9-4-6-13(7-5-9)17(15,16)12-10(2)8-11(3)14/h9-12,14H,4-8H2,1-3H3. The van der Waals surface area contributed by atoms with Crippen LogP contribution in [0.3, 0.4) is 0 Å². The summed E-state index contributed by atoms with van der Waals surface area (Å²) in [5, 5.41) is 9.22. The predicted octanol–water partition coefficient (Wildman–Crippen LogP) is 0.712. The van der Waals surface area contributed by atoms with Crippen molar-refractivity contribution < 1.29 is 13.5 Å². The number of piperidine rings is 1. The maximum Gasteiger partial charge on any atom is 0.279 e. The number of aliphatic hydroxyl groups is 1. The van der Waals surface area contributed by atoms with E-state index < -0.39 is 16.3 Å². The van der Waals surface area contributed by atoms with Crippen LogP contribution in [-0.4, -0.2) is 43.1 Å². The molecular formula is C11H24N2O3S. The lowest BCUT2D eigenvalue weighted by Gasteiger charge is -2.30. The van der Waals surface area contributed by atoms with Crippen molar-refractivity contribution in [2.75, 3.05) is 13.1 Å². The van der Waals surface area contributed by atoms with E-state index in [2.05, 4.69) is 11.6 Å². The average molecular weight is 264 g/mol. The van der Waals surface area contributed by atoms with Crippen LogP contribution in [0.2, 0.25) is 0 Å². The minimum atomic E-state index is -3.38. The third-order valence-corrected chi connectivity index (χ3v) is 4.87. The first kappa shape index (κ1) is 14.9. The first-order valence-electron chi connectivity index (χ1n) is 6.26. The van der Waals surface area contributed by atoms with E-state index in [1.807, 2.05) is 0 Å². The molecule has 0 aromatic heterocycles. The molecule has 0 amide bonds. The van der Waals surface area contributed by atoms with Crippen molar-refractivity contribution in [3.8, 4) is 0 Å². The molecule has 0 aromatic rings. The average Bonchev–Trinajstić information content (AvgIpc) is 2.15. The maximum atomic E-state index is 12.0. The van der Waals surface area contributed by atoms with Crippen LogP contribution in [0.15, 0.2) is 0 Å². The molecule has 0 saturated carbocycles. The van der Waals surface area contributed by atoms with Gasteiger partial charge in [-0.1, -0.05) is 6.92 Å². The molecule has 6 heteroatoms. The normalized spacial score (nSPS) is 23.5. The molecule has 17 heavy (non-hydrogen) atoms. The van der Waals surface area contributed by atoms with Crippen molar-refractivity contribution in [1.82, 2.24) is 9.03 Å². The third-order valence-electron chi connectivity index (χ3n) is 3.13. The number of nitrogens with one attached hydrogen (secondary N) is 1. The van der Waals surface area contributed by atoms with Gasteiger partial charge in [-0.25, -0.2) is 0 Å². The quantitative estimate of drug-likeness (QED) is 0.768. The molecule has 102 valence electrons. The number of aliphatic hydroxyl groups excluding tert-OH is 1. The molecule has 0 aliphatic carbocycles. The monoisotopic (exact) mass is 264 g/mol. The van der Waals surface area contributed by atoms with E-state index in [4.69, 9.17) is 0 Å². The molecule has 1 aliphatic heterocycles. The highest BCUT2D eigenvalue weighted by Crippen LogP contribution is 2.18. The minimum Gasteiger partial charge on any atom is -0.393 e. The summed E-state index contributed by atoms with van der Waals surface area (Å²) in [5.41, 5.74) is 0. The van der Waals surface area contributed by atoms with Gasteiger partial charge in [0.15, 0.2) is 0 Å². The van der Waals surface area contributed by atoms with Crippen molar-refractivity contribution in [3.05, 3.63) is 0 Å². The number of hydrogen-bond acceptors (Lipinski definition) is 3. The molecule has 0 aromatic carbocycles. The molecule has 0 bridgehead atoms. The highest BCUT2D eigenvalue weighted by molar-refractivity contribution is 7.87. The lowest BCUT2D eigenvalue weighted by Crippen LogP contribution is -2.47. The Kier molecular flexibility index (Phi) is 5.37. The minimum absolute atomic E-state index is 0.237. The SMILES string of the molecule is CC(O)CC(C)NS(=O)(=O)N1CCC(C)CC1. The van der Waals surface area contributed by atoms with Gasteiger partial charge in [0, 0.05) is 19.1 Å². The van der Waals surface area contributed by atoms with Crippen LogP contribution in [0.25, 0.3) is 0 Å². The molecule has 1 rings (SSSR count). The van der Waals surface area contributed by atoms with E-state index in [9.17, 15) is 13.5 Å². The number of hydrogen-bond donors (Lipinski definition) is 2. The van der Waals surface area contributed by atoms with Gasteiger partial charge >= 0.3 is 0 Å². The van der Waals surface area contributed by atoms with E-state index in [1.54, 1.807) is 13.8 Å². The van der Waals surface area contributed by atoms with Gasteiger partial charge in [-0.2, -0.15) is 17.4 Å². The smallest absolute Gasteiger partial charge is 0.279 e. The largest absolute Gasteiger partial charge is 0.393 e. The molecule has 2 unspecified atom stereocenters. The Bertz CT molecular complexity index is 322. The second kappa shape index (κ2) is 6.13. The van der Waals surface area contributed by atoms with Gasteiger partial charge in [0.2, 0.25) is 0 Å². The molecule has 1 fully saturated rings. The first-order valence-corrected chi connectivity index (χ1v) is 7.70. The van der Waals surface area contributed by atoms with E-state index in [0.717, 1.165) is 12.8 Å². The zero-order chi connectivity index (χ0) is 13.1. The van der Waals surface area contributed by atoms with Crippen LogP contribution < -0.4 is 4.72 Å². The molecule has 0 radical (unpaired) electrons. The Morgan fingerprint density at radius 2 is 1.88 bits per heavy atom. The molecule has 2 N–H and O–H groups in total. The predicted molar refractivity (Wildman–Crippen MR) is 67.8 cm³/mol. The van der Waals surface area contributed by atoms with Gasteiger partial charge in [-0.3, -0.25) is 0 Å². The molecular weight excluding hydrogens is 240 g/mol. The van der Waals surface area contributed by atoms with Crippen LogP contribution in [0, 0.1) is 5.92 Å². The van der Waals surface area contributed by atoms with Crippen LogP contribution in [0.1, 0.15) is 40.0 Å². The maximum absolute atomic E-state index is 12.0. The van der Waals surface area contributed by atoms with Gasteiger partial charge in [0.05, 0.1) is 6.10 Å². The van der Waals surface area contributed by atoms with Crippen molar-refractivity contribution in [2.45, 2.75) is 52.2 Å². The number of nitrogens with zero attached hydrogens (tertiary/aromatic N) is 1. The molecule has 2 atom stereocenters. The summed E-state index contributed by atoms with van der Waals surface area (Å²) < 4.78 is 28.2. The van der Waals surface area contributed by atoms with Crippen LogP contribution in [0.4, 0.5) is 0 Å². The number of rotatable bonds is 5. The summed E-state index contributed by atoms with van der Waals surface area (Å²) >= 11 is 0. The summed E-state index contributed by atoms with van der Waals surface area (Å²) in [6.07, 6.45) is 1.79. The van der Waals surface area contributed by atoms with E-state index >= 15 is 0 Å². The second-order valence-corrected chi connectivity index (χ2v) is 6.89. The van der Waals surface area contributed by atoms with Crippen LogP contribution in [0.5, 0.6) is 0 Å². The van der Waals surface area contributed by atoms with Crippen molar-refractivity contribution >= 4 is 10.2 Å². The van der Waals surface area contributed by atoms with Gasteiger partial charge < -0.3 is 5.11 Å². The fourth-order valence-corrected chi connectivity index (χ4v) is 3.56. The van der Waals surface area contributed by atoms with E-state index in [-0.39, 0.29) is 6.04 Å². The zero-order valence-corrected chi connectivity index (χ0v) is 11.7. The fraction of sp³-hybridized carbons (Fsp3) is 1.00. The Balaban J connectivity index is 2.50. The Morgan fingerprint density at radius 1 is 1.35 bits per heavy atom. The Hall–Kier alpha value is -0.170. The lowest BCUT2D eigenvalue weighted by atomic mass is 10.0. The summed E-state index contributed by atoms with van der Waals surface area (Å²) in [6.45, 7) is 6.77. The second-order valence-electron chi connectivity index (χ2n) is 5.19. The van der Waals surface area contributed by atoms with Crippen LogP contribution in [-0.2, 0) is 10.2 Å². The van der Waals surface area contributed by atoms with Crippen molar-refractivity contribution in [1.29, 1.82) is 0 Å². The third kappa shape index (κ3) is 4.91. The zero-order valence-electron chi connectivity index (χ0n) is 10.9. The van der Waals surface area contributed by atoms with Gasteiger partial charge in [0.1, 0.15) is 0 Å². The van der Waals surface area contributed by atoms with Gasteiger partial charge in [0.25, 0.3) is 10.2 Å². The highest BCUT2D eigenvalue weighted by Gasteiger charge is 2.27. The molecule has 0 spiro atoms. The fourth-order valence-electron chi connectivity index (χ4n) is 2.11. The summed E-state index contributed by atoms with van der Waals surface area (Å²) in [4.78, 5) is 0. The molecule has 5 nitrogen and oxygen atoms in total. The molecule has 1 saturated heterocycles. The molecule has 1 heterocycles. The van der Waals surface area contributed by atoms with Crippen molar-refractivity contribution in [2.24, 2.45) is 5.92 Å². The topological polar surface area (TPSA) is 69.6 Å². The lowest BCUT2D eigenvalue weighted by molar-refractivity contribution is 0.174. The van der Waals surface area contributed by atoms with Crippen LogP contribution >= 0.6 is 0 Å². The van der Waals surface area contributed by atoms with Crippen molar-refractivity contribution in [3.63, 3.8) is 0 Å². The summed E-state index contributed by atoms with van der Waals surface area (Å²) in [6, 6.07) is -0.237. The Labute approximate surface area is 104 Å². The summed E-state index contributed by atoms with van der Waals surface area (Å²) in [7, 11) is -3.38. The molecule has 1 aliphatic rings. The Morgan fingerprint density at radius 3 is 2.35 bits per heavy atom. The summed E-state index contributed by atoms with van der Waals surface area (Å²) in [5.74, 6) is 0.608. The van der Waals surface area contributed by atoms with E-state index in [1.165, 1.54) is 4.31 Å². The highest BCUT2D eigenvalue weighted by atomic mass is 32.2.